The highest BCUT2D eigenvalue weighted by Crippen LogP contribution is 2.28. The van der Waals surface area contributed by atoms with Crippen molar-refractivity contribution in [1.29, 1.82) is 0 Å². The molecule has 0 aliphatic carbocycles. The zero-order chi connectivity index (χ0) is 20.9. The number of nitrogens with zero attached hydrogens (tertiary/aromatic N) is 4. The second kappa shape index (κ2) is 9.08. The molecule has 30 heavy (non-hydrogen) atoms. The van der Waals surface area contributed by atoms with E-state index in [0.717, 1.165) is 5.56 Å². The molecule has 6 nitrogen and oxygen atoms in total. The van der Waals surface area contributed by atoms with Gasteiger partial charge in [-0.3, -0.25) is 9.78 Å². The summed E-state index contributed by atoms with van der Waals surface area (Å²) in [6, 6.07) is 14.3. The smallest absolute Gasteiger partial charge is 0.291 e. The molecule has 0 bridgehead atoms. The average molecular weight is 428 g/mol. The van der Waals surface area contributed by atoms with Crippen LogP contribution in [-0.4, -0.2) is 31.1 Å². The first-order chi connectivity index (χ1) is 14.6. The maximum absolute atomic E-state index is 13.2. The molecular formula is C21H18F2N4O2S. The van der Waals surface area contributed by atoms with Crippen LogP contribution in [0.3, 0.4) is 0 Å². The number of furan rings is 1. The van der Waals surface area contributed by atoms with Crippen LogP contribution in [0.5, 0.6) is 0 Å². The van der Waals surface area contributed by atoms with Crippen molar-refractivity contribution in [1.82, 2.24) is 19.4 Å². The number of alkyl halides is 2. The predicted octanol–water partition coefficient (Wildman–Crippen LogP) is 4.57. The topological polar surface area (TPSA) is 64.2 Å². The lowest BCUT2D eigenvalue weighted by Gasteiger charge is -2.22. The Morgan fingerprint density at radius 3 is 2.73 bits per heavy atom. The molecule has 0 aliphatic rings. The number of carbonyl (C=O) groups is 1. The molecule has 0 N–H and O–H groups in total. The number of benzene rings is 1. The van der Waals surface area contributed by atoms with Gasteiger partial charge in [-0.05, 0) is 47.7 Å². The van der Waals surface area contributed by atoms with Gasteiger partial charge in [0.1, 0.15) is 12.3 Å². The lowest BCUT2D eigenvalue weighted by molar-refractivity contribution is -0.133. The summed E-state index contributed by atoms with van der Waals surface area (Å²) in [6.07, 6.45) is 4.89. The molecule has 9 heteroatoms. The quantitative estimate of drug-likeness (QED) is 0.385. The number of rotatable bonds is 8. The van der Waals surface area contributed by atoms with Gasteiger partial charge < -0.3 is 13.9 Å². The van der Waals surface area contributed by atoms with Crippen molar-refractivity contribution in [2.24, 2.45) is 0 Å². The number of aromatic nitrogens is 3. The third-order valence-electron chi connectivity index (χ3n) is 4.48. The van der Waals surface area contributed by atoms with Crippen molar-refractivity contribution >= 4 is 28.7 Å². The van der Waals surface area contributed by atoms with E-state index < -0.39 is 5.76 Å². The third kappa shape index (κ3) is 4.68. The molecule has 1 amide bonds. The monoisotopic (exact) mass is 428 g/mol. The molecule has 4 rings (SSSR count). The van der Waals surface area contributed by atoms with Gasteiger partial charge in [-0.25, -0.2) is 4.98 Å². The number of imidazole rings is 1. The lowest BCUT2D eigenvalue weighted by atomic mass is 10.2. The highest BCUT2D eigenvalue weighted by molar-refractivity contribution is 7.99. The Kier molecular flexibility index (Phi) is 6.08. The Morgan fingerprint density at radius 1 is 1.13 bits per heavy atom. The van der Waals surface area contributed by atoms with Crippen molar-refractivity contribution in [3.05, 3.63) is 78.5 Å². The molecule has 0 atom stereocenters. The zero-order valence-electron chi connectivity index (χ0n) is 15.8. The highest BCUT2D eigenvalue weighted by Gasteiger charge is 2.22. The normalized spacial score (nSPS) is 11.3. The van der Waals surface area contributed by atoms with E-state index in [2.05, 4.69) is 9.97 Å². The lowest BCUT2D eigenvalue weighted by Crippen LogP contribution is -2.33. The van der Waals surface area contributed by atoms with Gasteiger partial charge in [-0.1, -0.05) is 18.2 Å². The first-order valence-electron chi connectivity index (χ1n) is 9.19. The van der Waals surface area contributed by atoms with Gasteiger partial charge in [-0.2, -0.15) is 8.78 Å². The van der Waals surface area contributed by atoms with Crippen LogP contribution >= 0.6 is 11.8 Å². The first kappa shape index (κ1) is 20.1. The van der Waals surface area contributed by atoms with Gasteiger partial charge in [0, 0.05) is 18.9 Å². The molecule has 3 heterocycles. The number of pyridine rings is 1. The molecule has 4 aromatic rings. The van der Waals surface area contributed by atoms with Crippen LogP contribution in [0.25, 0.3) is 11.0 Å². The largest absolute Gasteiger partial charge is 0.467 e. The predicted molar refractivity (Wildman–Crippen MR) is 109 cm³/mol. The van der Waals surface area contributed by atoms with Gasteiger partial charge in [0.15, 0.2) is 5.16 Å². The van der Waals surface area contributed by atoms with E-state index >= 15 is 0 Å². The fourth-order valence-electron chi connectivity index (χ4n) is 3.15. The Bertz CT molecular complexity index is 1120. The maximum Gasteiger partial charge on any atom is 0.291 e. The number of carbonyl (C=O) groups excluding carboxylic acids is 1. The fraction of sp³-hybridized carbons (Fsp3) is 0.190. The Morgan fingerprint density at radius 2 is 2.00 bits per heavy atom. The van der Waals surface area contributed by atoms with Crippen LogP contribution in [0, 0.1) is 0 Å². The van der Waals surface area contributed by atoms with E-state index in [4.69, 9.17) is 4.42 Å². The molecule has 0 fully saturated rings. The van der Waals surface area contributed by atoms with Crippen molar-refractivity contribution in [2.75, 3.05) is 0 Å². The molecule has 0 saturated heterocycles. The Hall–Kier alpha value is -3.20. The summed E-state index contributed by atoms with van der Waals surface area (Å²) in [7, 11) is 0. The minimum absolute atomic E-state index is 0.110. The fourth-order valence-corrected chi connectivity index (χ4v) is 3.75. The molecular weight excluding hydrogens is 410 g/mol. The summed E-state index contributed by atoms with van der Waals surface area (Å²) in [5.41, 5.74) is 2.06. The van der Waals surface area contributed by atoms with Gasteiger partial charge in [0.25, 0.3) is 5.76 Å². The second-order valence-electron chi connectivity index (χ2n) is 6.54. The van der Waals surface area contributed by atoms with Crippen molar-refractivity contribution in [3.8, 4) is 0 Å². The minimum atomic E-state index is -2.63. The summed E-state index contributed by atoms with van der Waals surface area (Å²) >= 11 is 0.333. The van der Waals surface area contributed by atoms with Crippen LogP contribution in [0.4, 0.5) is 8.78 Å². The van der Waals surface area contributed by atoms with E-state index in [1.54, 1.807) is 66.0 Å². The summed E-state index contributed by atoms with van der Waals surface area (Å²) < 4.78 is 33.1. The number of halogens is 2. The summed E-state index contributed by atoms with van der Waals surface area (Å²) in [5, 5.41) is 0.110. The van der Waals surface area contributed by atoms with Crippen LogP contribution in [0.2, 0.25) is 0 Å². The van der Waals surface area contributed by atoms with Crippen LogP contribution in [0.15, 0.2) is 76.8 Å². The van der Waals surface area contributed by atoms with Crippen molar-refractivity contribution < 1.29 is 18.0 Å². The molecule has 154 valence electrons. The second-order valence-corrected chi connectivity index (χ2v) is 7.50. The zero-order valence-corrected chi connectivity index (χ0v) is 16.6. The number of amides is 1. The molecule has 3 aromatic heterocycles. The summed E-state index contributed by atoms with van der Waals surface area (Å²) in [4.78, 5) is 23.2. The number of hydrogen-bond acceptors (Lipinski definition) is 5. The Labute approximate surface area is 175 Å². The number of hydrogen-bond donors (Lipinski definition) is 0. The molecule has 0 aliphatic heterocycles. The molecule has 0 spiro atoms. The first-order valence-corrected chi connectivity index (χ1v) is 10.1. The van der Waals surface area contributed by atoms with Crippen LogP contribution < -0.4 is 0 Å². The molecule has 0 radical (unpaired) electrons. The van der Waals surface area contributed by atoms with Crippen molar-refractivity contribution in [3.63, 3.8) is 0 Å². The van der Waals surface area contributed by atoms with Gasteiger partial charge >= 0.3 is 0 Å². The van der Waals surface area contributed by atoms with Crippen LogP contribution in [0.1, 0.15) is 11.3 Å². The molecule has 1 aromatic carbocycles. The minimum Gasteiger partial charge on any atom is -0.467 e. The van der Waals surface area contributed by atoms with Crippen molar-refractivity contribution in [2.45, 2.75) is 30.5 Å². The Balaban J connectivity index is 1.63. The number of thioether (sulfide) groups is 1. The van der Waals surface area contributed by atoms with E-state index in [1.807, 2.05) is 6.07 Å². The van der Waals surface area contributed by atoms with E-state index in [1.165, 1.54) is 4.57 Å². The van der Waals surface area contributed by atoms with Gasteiger partial charge in [-0.15, -0.1) is 0 Å². The number of para-hydroxylation sites is 2. The van der Waals surface area contributed by atoms with Gasteiger partial charge in [0.2, 0.25) is 5.91 Å². The molecule has 0 unspecified atom stereocenters. The van der Waals surface area contributed by atoms with Crippen LogP contribution in [-0.2, 0) is 24.4 Å². The van der Waals surface area contributed by atoms with E-state index in [9.17, 15) is 13.6 Å². The summed E-state index contributed by atoms with van der Waals surface area (Å²) in [6.45, 7) is 0.457. The summed E-state index contributed by atoms with van der Waals surface area (Å²) in [5.74, 6) is -2.25. The van der Waals surface area contributed by atoms with Gasteiger partial charge in [0.05, 0.1) is 23.8 Å². The van der Waals surface area contributed by atoms with E-state index in [0.29, 0.717) is 35.1 Å². The SMILES string of the molecule is O=C(Cn1c(SC(F)F)nc2ccccc21)N(Cc1cccnc1)Cc1ccco1. The standard InChI is InChI=1S/C21H18F2N4O2S/c22-20(23)30-21-25-17-7-1-2-8-18(17)27(21)14-19(28)26(13-16-6-4-10-29-16)12-15-5-3-9-24-11-15/h1-11,20H,12-14H2. The highest BCUT2D eigenvalue weighted by atomic mass is 32.2. The third-order valence-corrected chi connectivity index (χ3v) is 5.18. The number of fused-ring (bicyclic) bond motifs is 1. The average Bonchev–Trinajstić information content (AvgIpc) is 3.36. The molecule has 0 saturated carbocycles. The maximum atomic E-state index is 13.2. The van der Waals surface area contributed by atoms with E-state index in [-0.39, 0.29) is 24.2 Å².